The Morgan fingerprint density at radius 1 is 1.44 bits per heavy atom. The molecule has 0 fully saturated rings. The van der Waals surface area contributed by atoms with Crippen molar-refractivity contribution in [1.29, 1.82) is 0 Å². The normalized spacial score (nSPS) is 9.11. The van der Waals surface area contributed by atoms with E-state index in [2.05, 4.69) is 0 Å². The summed E-state index contributed by atoms with van der Waals surface area (Å²) < 4.78 is 12.3. The van der Waals surface area contributed by atoms with Crippen molar-refractivity contribution in [3.63, 3.8) is 0 Å². The van der Waals surface area contributed by atoms with Crippen LogP contribution in [0.25, 0.3) is 0 Å². The molecule has 0 aliphatic heterocycles. The van der Waals surface area contributed by atoms with Crippen LogP contribution < -0.4 is 5.46 Å². The first-order chi connectivity index (χ1) is 4.33. The second kappa shape index (κ2) is 2.67. The maximum atomic E-state index is 12.3. The number of halogens is 1. The van der Waals surface area contributed by atoms with Crippen LogP contribution in [0.5, 0.6) is 0 Å². The monoisotopic (exact) mass is 121 g/mol. The molecule has 2 heteroatoms. The minimum absolute atomic E-state index is 0.175. The zero-order valence-electron chi connectivity index (χ0n) is 5.26. The van der Waals surface area contributed by atoms with Gasteiger partial charge in [-0.2, -0.15) is 0 Å². The molecule has 0 unspecified atom stereocenters. The Labute approximate surface area is 54.9 Å². The number of rotatable bonds is 1. The van der Waals surface area contributed by atoms with Gasteiger partial charge in [-0.1, -0.05) is 24.4 Å². The summed E-state index contributed by atoms with van der Waals surface area (Å²) in [4.78, 5) is 0. The van der Waals surface area contributed by atoms with E-state index in [1.807, 2.05) is 20.2 Å². The van der Waals surface area contributed by atoms with Gasteiger partial charge in [0, 0.05) is 0 Å². The lowest BCUT2D eigenvalue weighted by Gasteiger charge is -1.91. The summed E-state index contributed by atoms with van der Waals surface area (Å²) in [7, 11) is 1.86. The molecule has 1 aromatic carbocycles. The topological polar surface area (TPSA) is 0 Å². The van der Waals surface area contributed by atoms with Gasteiger partial charge in [-0.25, -0.2) is 4.39 Å². The van der Waals surface area contributed by atoms with Gasteiger partial charge < -0.3 is 0 Å². The summed E-state index contributed by atoms with van der Waals surface area (Å²) in [6.45, 7) is 1.88. The van der Waals surface area contributed by atoms with Crippen LogP contribution in [0.4, 0.5) is 4.39 Å². The molecule has 9 heavy (non-hydrogen) atoms. The van der Waals surface area contributed by atoms with Crippen LogP contribution in [-0.2, 0) is 0 Å². The van der Waals surface area contributed by atoms with E-state index in [1.165, 1.54) is 12.1 Å². The Hall–Kier alpha value is -0.785. The molecule has 45 valence electrons. The van der Waals surface area contributed by atoms with Gasteiger partial charge in [-0.05, 0) is 12.1 Å². The van der Waals surface area contributed by atoms with Crippen molar-refractivity contribution in [2.24, 2.45) is 0 Å². The highest BCUT2D eigenvalue weighted by Gasteiger charge is 1.90. The molecule has 1 rings (SSSR count). The van der Waals surface area contributed by atoms with Gasteiger partial charge in [-0.3, -0.25) is 0 Å². The second-order valence-electron chi connectivity index (χ2n) is 1.84. The van der Waals surface area contributed by atoms with Crippen LogP contribution in [0.2, 0.25) is 6.82 Å². The van der Waals surface area contributed by atoms with E-state index in [1.54, 1.807) is 6.07 Å². The first-order valence-electron chi connectivity index (χ1n) is 2.88. The van der Waals surface area contributed by atoms with E-state index in [9.17, 15) is 4.39 Å². The van der Waals surface area contributed by atoms with E-state index in [0.717, 1.165) is 5.46 Å². The molecule has 0 saturated heterocycles. The van der Waals surface area contributed by atoms with Gasteiger partial charge in [0.25, 0.3) is 0 Å². The van der Waals surface area contributed by atoms with Crippen molar-refractivity contribution in [1.82, 2.24) is 0 Å². The minimum atomic E-state index is -0.175. The highest BCUT2D eigenvalue weighted by Crippen LogP contribution is 1.90. The fraction of sp³-hybridized carbons (Fsp3) is 0.143. The van der Waals surface area contributed by atoms with Crippen LogP contribution >= 0.6 is 0 Å². The van der Waals surface area contributed by atoms with Crippen molar-refractivity contribution < 1.29 is 4.39 Å². The Morgan fingerprint density at radius 2 is 2.22 bits per heavy atom. The fourth-order valence-corrected chi connectivity index (χ4v) is 0.686. The molecule has 0 N–H and O–H groups in total. The summed E-state index contributed by atoms with van der Waals surface area (Å²) >= 11 is 0. The van der Waals surface area contributed by atoms with Crippen LogP contribution in [0, 0.1) is 5.82 Å². The molecule has 0 aromatic heterocycles. The summed E-state index contributed by atoms with van der Waals surface area (Å²) in [5.41, 5.74) is 0.926. The average Bonchev–Trinajstić information content (AvgIpc) is 1.88. The van der Waals surface area contributed by atoms with Crippen molar-refractivity contribution in [3.05, 3.63) is 30.1 Å². The maximum Gasteiger partial charge on any atom is 0.148 e. The highest BCUT2D eigenvalue weighted by molar-refractivity contribution is 6.51. The molecule has 0 atom stereocenters. The number of hydrogen-bond donors (Lipinski definition) is 0. The summed E-state index contributed by atoms with van der Waals surface area (Å²) in [5.74, 6) is -0.175. The third-order valence-electron chi connectivity index (χ3n) is 1.18. The molecular weight excluding hydrogens is 114 g/mol. The SMILES string of the molecule is C[B]c1cccc(F)c1. The fourth-order valence-electron chi connectivity index (χ4n) is 0.686. The molecule has 1 radical (unpaired) electrons. The summed E-state index contributed by atoms with van der Waals surface area (Å²) in [6, 6.07) is 6.50. The van der Waals surface area contributed by atoms with Gasteiger partial charge in [0.15, 0.2) is 0 Å². The molecular formula is C7H7BF. The molecule has 0 saturated carbocycles. The smallest absolute Gasteiger partial charge is 0.148 e. The van der Waals surface area contributed by atoms with E-state index >= 15 is 0 Å². The largest absolute Gasteiger partial charge is 0.207 e. The van der Waals surface area contributed by atoms with Gasteiger partial charge in [-0.15, -0.1) is 0 Å². The minimum Gasteiger partial charge on any atom is -0.207 e. The van der Waals surface area contributed by atoms with E-state index < -0.39 is 0 Å². The van der Waals surface area contributed by atoms with E-state index in [4.69, 9.17) is 0 Å². The summed E-state index contributed by atoms with van der Waals surface area (Å²) in [5, 5.41) is 0. The van der Waals surface area contributed by atoms with E-state index in [-0.39, 0.29) is 5.82 Å². The highest BCUT2D eigenvalue weighted by atomic mass is 19.1. The van der Waals surface area contributed by atoms with Crippen molar-refractivity contribution in [2.45, 2.75) is 6.82 Å². The first-order valence-corrected chi connectivity index (χ1v) is 2.88. The predicted octanol–water partition coefficient (Wildman–Crippen LogP) is 1.20. The zero-order chi connectivity index (χ0) is 6.69. The van der Waals surface area contributed by atoms with Gasteiger partial charge in [0.05, 0.1) is 0 Å². The zero-order valence-corrected chi connectivity index (χ0v) is 5.26. The Balaban J connectivity index is 2.94. The third-order valence-corrected chi connectivity index (χ3v) is 1.18. The van der Waals surface area contributed by atoms with Gasteiger partial charge >= 0.3 is 0 Å². The van der Waals surface area contributed by atoms with Crippen LogP contribution in [0.1, 0.15) is 0 Å². The van der Waals surface area contributed by atoms with Crippen LogP contribution in [-0.4, -0.2) is 7.28 Å². The standard InChI is InChI=1S/C7H7BF/c1-8-6-3-2-4-7(9)5-6/h2-5H,1H3. The lowest BCUT2D eigenvalue weighted by molar-refractivity contribution is 0.629. The molecule has 0 aliphatic carbocycles. The molecule has 0 aliphatic rings. The molecule has 0 bridgehead atoms. The molecule has 0 nitrogen and oxygen atoms in total. The third kappa shape index (κ3) is 1.56. The second-order valence-corrected chi connectivity index (χ2v) is 1.84. The average molecular weight is 121 g/mol. The van der Waals surface area contributed by atoms with Crippen LogP contribution in [0.3, 0.4) is 0 Å². The van der Waals surface area contributed by atoms with Crippen molar-refractivity contribution in [2.75, 3.05) is 0 Å². The quantitative estimate of drug-likeness (QED) is 0.489. The van der Waals surface area contributed by atoms with Gasteiger partial charge in [0.1, 0.15) is 13.1 Å². The molecule has 0 heterocycles. The summed E-state index contributed by atoms with van der Waals surface area (Å²) in [6.07, 6.45) is 0. The Bertz CT molecular complexity index is 198. The molecule has 0 spiro atoms. The van der Waals surface area contributed by atoms with E-state index in [0.29, 0.717) is 0 Å². The first kappa shape index (κ1) is 6.34. The lowest BCUT2D eigenvalue weighted by atomic mass is 9.73. The maximum absolute atomic E-state index is 12.3. The number of hydrogen-bond acceptors (Lipinski definition) is 0. The van der Waals surface area contributed by atoms with Crippen molar-refractivity contribution >= 4 is 12.7 Å². The molecule has 1 aromatic rings. The Morgan fingerprint density at radius 3 is 2.67 bits per heavy atom. The van der Waals surface area contributed by atoms with Crippen molar-refractivity contribution in [3.8, 4) is 0 Å². The predicted molar refractivity (Wildman–Crippen MR) is 37.7 cm³/mol. The Kier molecular flexibility index (Phi) is 1.88. The molecule has 0 amide bonds. The van der Waals surface area contributed by atoms with Crippen LogP contribution in [0.15, 0.2) is 24.3 Å². The lowest BCUT2D eigenvalue weighted by Crippen LogP contribution is -2.09. The number of benzene rings is 1. The van der Waals surface area contributed by atoms with Gasteiger partial charge in [0.2, 0.25) is 0 Å².